The van der Waals surface area contributed by atoms with Crippen molar-refractivity contribution in [3.8, 4) is 11.5 Å². The molecule has 2 rings (SSSR count). The zero-order chi connectivity index (χ0) is 12.3. The number of phenolic OH excluding ortho intramolecular Hbond substituents is 1. The molecular formula is C13H10BrClO2. The normalized spacial score (nSPS) is 10.2. The number of hydrogen-bond acceptors (Lipinski definition) is 2. The summed E-state index contributed by atoms with van der Waals surface area (Å²) in [5, 5.41) is 9.62. The third-order valence-corrected chi connectivity index (χ3v) is 3.06. The molecule has 2 nitrogen and oxygen atoms in total. The second-order valence-corrected chi connectivity index (χ2v) is 4.85. The molecule has 17 heavy (non-hydrogen) atoms. The third-order valence-electron chi connectivity index (χ3n) is 2.23. The lowest BCUT2D eigenvalue weighted by Crippen LogP contribution is -1.94. The molecule has 0 saturated carbocycles. The highest BCUT2D eigenvalue weighted by atomic mass is 79.9. The van der Waals surface area contributed by atoms with E-state index in [-0.39, 0.29) is 5.75 Å². The van der Waals surface area contributed by atoms with Gasteiger partial charge in [-0.2, -0.15) is 0 Å². The second-order valence-electron chi connectivity index (χ2n) is 3.53. The van der Waals surface area contributed by atoms with Gasteiger partial charge in [-0.15, -0.1) is 0 Å². The van der Waals surface area contributed by atoms with Gasteiger partial charge in [-0.05, 0) is 42.0 Å². The average molecular weight is 314 g/mol. The molecule has 2 aromatic rings. The first-order valence-electron chi connectivity index (χ1n) is 5.01. The number of hydrogen-bond donors (Lipinski definition) is 1. The molecule has 0 aliphatic rings. The van der Waals surface area contributed by atoms with Gasteiger partial charge in [0, 0.05) is 4.47 Å². The first kappa shape index (κ1) is 12.3. The smallest absolute Gasteiger partial charge is 0.134 e. The molecule has 2 aromatic carbocycles. The molecule has 0 aliphatic heterocycles. The minimum Gasteiger partial charge on any atom is -0.506 e. The van der Waals surface area contributed by atoms with E-state index >= 15 is 0 Å². The summed E-state index contributed by atoms with van der Waals surface area (Å²) in [6.07, 6.45) is 0. The van der Waals surface area contributed by atoms with Gasteiger partial charge >= 0.3 is 0 Å². The van der Waals surface area contributed by atoms with Crippen molar-refractivity contribution in [1.82, 2.24) is 0 Å². The molecule has 0 spiro atoms. The van der Waals surface area contributed by atoms with Crippen LogP contribution in [-0.4, -0.2) is 5.11 Å². The van der Waals surface area contributed by atoms with Crippen LogP contribution in [0.1, 0.15) is 5.56 Å². The van der Waals surface area contributed by atoms with Gasteiger partial charge in [0.2, 0.25) is 0 Å². The Labute approximate surface area is 113 Å². The molecule has 0 radical (unpaired) electrons. The largest absolute Gasteiger partial charge is 0.506 e. The maximum Gasteiger partial charge on any atom is 0.134 e. The molecule has 1 N–H and O–H groups in total. The minimum atomic E-state index is 0.0825. The molecule has 0 aromatic heterocycles. The molecule has 0 atom stereocenters. The Balaban J connectivity index is 2.02. The molecule has 0 saturated heterocycles. The highest BCUT2D eigenvalue weighted by Crippen LogP contribution is 2.24. The van der Waals surface area contributed by atoms with Crippen molar-refractivity contribution in [1.29, 1.82) is 0 Å². The number of ether oxygens (including phenoxy) is 1. The molecule has 0 amide bonds. The second kappa shape index (κ2) is 5.43. The van der Waals surface area contributed by atoms with Crippen LogP contribution in [0.2, 0.25) is 5.02 Å². The lowest BCUT2D eigenvalue weighted by Gasteiger charge is -2.07. The standard InChI is InChI=1S/C13H10BrClO2/c14-10-2-4-11(5-3-10)17-8-9-1-6-13(16)12(15)7-9/h1-7,16H,8H2. The molecule has 0 heterocycles. The Morgan fingerprint density at radius 2 is 1.82 bits per heavy atom. The van der Waals surface area contributed by atoms with Crippen molar-refractivity contribution < 1.29 is 9.84 Å². The zero-order valence-corrected chi connectivity index (χ0v) is 11.2. The average Bonchev–Trinajstić information content (AvgIpc) is 2.33. The van der Waals surface area contributed by atoms with Crippen LogP contribution in [0.25, 0.3) is 0 Å². The van der Waals surface area contributed by atoms with Crippen molar-refractivity contribution in [2.75, 3.05) is 0 Å². The summed E-state index contributed by atoms with van der Waals surface area (Å²) in [6.45, 7) is 0.418. The minimum absolute atomic E-state index is 0.0825. The summed E-state index contributed by atoms with van der Waals surface area (Å²) in [5.74, 6) is 0.872. The quantitative estimate of drug-likeness (QED) is 0.911. The maximum absolute atomic E-state index is 9.28. The van der Waals surface area contributed by atoms with Crippen LogP contribution in [0.4, 0.5) is 0 Å². The molecule has 0 aliphatic carbocycles. The molecule has 0 unspecified atom stereocenters. The SMILES string of the molecule is Oc1ccc(COc2ccc(Br)cc2)cc1Cl. The lowest BCUT2D eigenvalue weighted by atomic mass is 10.2. The van der Waals surface area contributed by atoms with Crippen molar-refractivity contribution in [3.05, 3.63) is 57.5 Å². The number of benzene rings is 2. The van der Waals surface area contributed by atoms with Crippen molar-refractivity contribution in [2.45, 2.75) is 6.61 Å². The first-order chi connectivity index (χ1) is 8.15. The number of phenols is 1. The summed E-state index contributed by atoms with van der Waals surface area (Å²) in [5.41, 5.74) is 0.913. The fraction of sp³-hybridized carbons (Fsp3) is 0.0769. The van der Waals surface area contributed by atoms with Gasteiger partial charge in [0.25, 0.3) is 0 Å². The van der Waals surface area contributed by atoms with Gasteiger partial charge in [0.05, 0.1) is 5.02 Å². The lowest BCUT2D eigenvalue weighted by molar-refractivity contribution is 0.306. The van der Waals surface area contributed by atoms with Gasteiger partial charge < -0.3 is 9.84 Å². The van der Waals surface area contributed by atoms with Gasteiger partial charge in [0.15, 0.2) is 0 Å². The molecular weight excluding hydrogens is 303 g/mol. The van der Waals surface area contributed by atoms with Crippen LogP contribution in [-0.2, 0) is 6.61 Å². The predicted molar refractivity (Wildman–Crippen MR) is 71.6 cm³/mol. The van der Waals surface area contributed by atoms with Crippen LogP contribution in [0.3, 0.4) is 0 Å². The maximum atomic E-state index is 9.28. The summed E-state index contributed by atoms with van der Waals surface area (Å²) in [4.78, 5) is 0. The summed E-state index contributed by atoms with van der Waals surface area (Å²) in [7, 11) is 0. The Morgan fingerprint density at radius 1 is 1.12 bits per heavy atom. The highest BCUT2D eigenvalue weighted by molar-refractivity contribution is 9.10. The van der Waals surface area contributed by atoms with Gasteiger partial charge in [-0.1, -0.05) is 33.6 Å². The summed E-state index contributed by atoms with van der Waals surface area (Å²) >= 11 is 9.16. The predicted octanol–water partition coefficient (Wildman–Crippen LogP) is 4.39. The Morgan fingerprint density at radius 3 is 2.47 bits per heavy atom. The molecule has 4 heteroatoms. The number of halogens is 2. The van der Waals surface area contributed by atoms with E-state index in [1.54, 1.807) is 18.2 Å². The van der Waals surface area contributed by atoms with E-state index in [2.05, 4.69) is 15.9 Å². The Bertz CT molecular complexity index is 511. The van der Waals surface area contributed by atoms with Crippen molar-refractivity contribution in [3.63, 3.8) is 0 Å². The van der Waals surface area contributed by atoms with Crippen LogP contribution in [0.5, 0.6) is 11.5 Å². The van der Waals surface area contributed by atoms with E-state index in [4.69, 9.17) is 16.3 Å². The van der Waals surface area contributed by atoms with E-state index in [9.17, 15) is 5.11 Å². The van der Waals surface area contributed by atoms with E-state index in [0.717, 1.165) is 15.8 Å². The van der Waals surface area contributed by atoms with Crippen molar-refractivity contribution in [2.24, 2.45) is 0 Å². The molecule has 0 bridgehead atoms. The zero-order valence-electron chi connectivity index (χ0n) is 8.86. The molecule has 88 valence electrons. The van der Waals surface area contributed by atoms with E-state index < -0.39 is 0 Å². The first-order valence-corrected chi connectivity index (χ1v) is 6.18. The Hall–Kier alpha value is -1.19. The number of aromatic hydroxyl groups is 1. The summed E-state index contributed by atoms with van der Waals surface area (Å²) < 4.78 is 6.59. The third kappa shape index (κ3) is 3.38. The fourth-order valence-corrected chi connectivity index (χ4v) is 1.81. The Kier molecular flexibility index (Phi) is 3.92. The van der Waals surface area contributed by atoms with E-state index in [1.165, 1.54) is 0 Å². The summed E-state index contributed by atoms with van der Waals surface area (Å²) in [6, 6.07) is 12.6. The fourth-order valence-electron chi connectivity index (χ4n) is 1.34. The number of rotatable bonds is 3. The van der Waals surface area contributed by atoms with Crippen LogP contribution in [0, 0.1) is 0 Å². The van der Waals surface area contributed by atoms with Crippen LogP contribution in [0.15, 0.2) is 46.9 Å². The van der Waals surface area contributed by atoms with E-state index in [0.29, 0.717) is 11.6 Å². The van der Waals surface area contributed by atoms with Gasteiger partial charge in [-0.25, -0.2) is 0 Å². The van der Waals surface area contributed by atoms with Gasteiger partial charge in [0.1, 0.15) is 18.1 Å². The van der Waals surface area contributed by atoms with Crippen molar-refractivity contribution >= 4 is 27.5 Å². The van der Waals surface area contributed by atoms with Gasteiger partial charge in [-0.3, -0.25) is 0 Å². The van der Waals surface area contributed by atoms with Crippen LogP contribution < -0.4 is 4.74 Å². The van der Waals surface area contributed by atoms with E-state index in [1.807, 2.05) is 24.3 Å². The van der Waals surface area contributed by atoms with Crippen LogP contribution >= 0.6 is 27.5 Å². The highest BCUT2D eigenvalue weighted by Gasteiger charge is 2.01. The monoisotopic (exact) mass is 312 g/mol. The molecule has 0 fully saturated rings. The topological polar surface area (TPSA) is 29.5 Å².